The number of nitrogens with two attached hydrogens (primary N) is 1. The highest BCUT2D eigenvalue weighted by Crippen LogP contribution is 2.34. The molecular weight excluding hydrogens is 295 g/mol. The molecule has 118 valence electrons. The van der Waals surface area contributed by atoms with Gasteiger partial charge in [0.1, 0.15) is 0 Å². The first-order valence-corrected chi connectivity index (χ1v) is 8.24. The molecule has 1 heterocycles. The molecule has 7 heteroatoms. The molecule has 1 fully saturated rings. The van der Waals surface area contributed by atoms with Crippen LogP contribution in [0.2, 0.25) is 0 Å². The van der Waals surface area contributed by atoms with Crippen LogP contribution in [-0.4, -0.2) is 32.9 Å². The summed E-state index contributed by atoms with van der Waals surface area (Å²) in [6, 6.07) is 2.21. The van der Waals surface area contributed by atoms with Gasteiger partial charge < -0.3 is 10.5 Å². The summed E-state index contributed by atoms with van der Waals surface area (Å²) in [4.78, 5) is -0.127. The number of rotatable bonds is 3. The smallest absolute Gasteiger partial charge is 0.243 e. The predicted octanol–water partition coefficient (Wildman–Crippen LogP) is 2.23. The lowest BCUT2D eigenvalue weighted by Gasteiger charge is -2.36. The first-order valence-electron chi connectivity index (χ1n) is 6.80. The van der Waals surface area contributed by atoms with Crippen molar-refractivity contribution in [2.75, 3.05) is 25.9 Å². The number of hydrogen-bond acceptors (Lipinski definition) is 4. The van der Waals surface area contributed by atoms with Crippen LogP contribution in [-0.2, 0) is 10.0 Å². The summed E-state index contributed by atoms with van der Waals surface area (Å²) >= 11 is 0. The van der Waals surface area contributed by atoms with Gasteiger partial charge >= 0.3 is 0 Å². The second kappa shape index (κ2) is 5.46. The van der Waals surface area contributed by atoms with Gasteiger partial charge in [-0.2, -0.15) is 4.31 Å². The van der Waals surface area contributed by atoms with Gasteiger partial charge in [-0.15, -0.1) is 0 Å². The highest BCUT2D eigenvalue weighted by Gasteiger charge is 2.33. The van der Waals surface area contributed by atoms with Crippen LogP contribution in [0.15, 0.2) is 17.0 Å². The molecule has 2 rings (SSSR count). The number of halogens is 1. The maximum Gasteiger partial charge on any atom is 0.243 e. The summed E-state index contributed by atoms with van der Waals surface area (Å²) in [5.41, 5.74) is 5.77. The Morgan fingerprint density at radius 1 is 1.29 bits per heavy atom. The Hall–Kier alpha value is -1.34. The van der Waals surface area contributed by atoms with Crippen LogP contribution in [0, 0.1) is 11.2 Å². The number of sulfonamides is 1. The van der Waals surface area contributed by atoms with Gasteiger partial charge in [0.15, 0.2) is 11.6 Å². The van der Waals surface area contributed by atoms with Crippen LogP contribution in [0.25, 0.3) is 0 Å². The van der Waals surface area contributed by atoms with Gasteiger partial charge in [0.2, 0.25) is 10.0 Å². The number of anilines is 1. The fraction of sp³-hybridized carbons (Fsp3) is 0.571. The average Bonchev–Trinajstić information content (AvgIpc) is 2.37. The molecule has 0 bridgehead atoms. The molecule has 0 amide bonds. The highest BCUT2D eigenvalue weighted by atomic mass is 32.2. The van der Waals surface area contributed by atoms with E-state index in [2.05, 4.69) is 13.8 Å². The summed E-state index contributed by atoms with van der Waals surface area (Å²) < 4.78 is 45.2. The SMILES string of the molecule is COc1c(N)cc(S(=O)(=O)N2CCC(C)(C)CC2)cc1F. The van der Waals surface area contributed by atoms with Gasteiger partial charge in [0, 0.05) is 13.1 Å². The normalized spacial score (nSPS) is 19.4. The molecule has 0 unspecified atom stereocenters. The van der Waals surface area contributed by atoms with Crippen molar-refractivity contribution in [1.29, 1.82) is 0 Å². The Balaban J connectivity index is 2.33. The third-order valence-electron chi connectivity index (χ3n) is 3.96. The van der Waals surface area contributed by atoms with Crippen LogP contribution in [0.3, 0.4) is 0 Å². The minimum Gasteiger partial charge on any atom is -0.492 e. The largest absolute Gasteiger partial charge is 0.492 e. The van der Waals surface area contributed by atoms with Gasteiger partial charge in [-0.1, -0.05) is 13.8 Å². The Labute approximate surface area is 124 Å². The fourth-order valence-electron chi connectivity index (χ4n) is 2.43. The van der Waals surface area contributed by atoms with E-state index in [1.807, 2.05) is 0 Å². The summed E-state index contributed by atoms with van der Waals surface area (Å²) in [7, 11) is -2.44. The minimum atomic E-state index is -3.72. The molecule has 0 atom stereocenters. The van der Waals surface area contributed by atoms with Gasteiger partial charge in [-0.05, 0) is 30.4 Å². The lowest BCUT2D eigenvalue weighted by Crippen LogP contribution is -2.41. The van der Waals surface area contributed by atoms with Crippen LogP contribution < -0.4 is 10.5 Å². The van der Waals surface area contributed by atoms with E-state index in [1.54, 1.807) is 0 Å². The molecule has 1 aliphatic rings. The molecule has 5 nitrogen and oxygen atoms in total. The van der Waals surface area contributed by atoms with E-state index in [4.69, 9.17) is 10.5 Å². The highest BCUT2D eigenvalue weighted by molar-refractivity contribution is 7.89. The molecule has 0 aliphatic carbocycles. The zero-order valence-corrected chi connectivity index (χ0v) is 13.3. The molecule has 0 saturated carbocycles. The lowest BCUT2D eigenvalue weighted by atomic mass is 9.83. The Kier molecular flexibility index (Phi) is 4.17. The van der Waals surface area contributed by atoms with Crippen molar-refractivity contribution in [2.24, 2.45) is 5.41 Å². The quantitative estimate of drug-likeness (QED) is 0.868. The van der Waals surface area contributed by atoms with E-state index in [1.165, 1.54) is 17.5 Å². The molecule has 21 heavy (non-hydrogen) atoms. The monoisotopic (exact) mass is 316 g/mol. The van der Waals surface area contributed by atoms with Crippen molar-refractivity contribution < 1.29 is 17.5 Å². The van der Waals surface area contributed by atoms with E-state index >= 15 is 0 Å². The molecule has 0 aromatic heterocycles. The zero-order valence-electron chi connectivity index (χ0n) is 12.5. The van der Waals surface area contributed by atoms with Crippen LogP contribution in [0.5, 0.6) is 5.75 Å². The zero-order chi connectivity index (χ0) is 15.8. The van der Waals surface area contributed by atoms with Crippen molar-refractivity contribution in [3.05, 3.63) is 17.9 Å². The number of benzene rings is 1. The summed E-state index contributed by atoms with van der Waals surface area (Å²) in [5.74, 6) is -0.901. The Morgan fingerprint density at radius 3 is 2.33 bits per heavy atom. The minimum absolute atomic E-state index is 0.0200. The standard InChI is InChI=1S/C14H21FN2O3S/c1-14(2)4-6-17(7-5-14)21(18,19)10-8-11(15)13(20-3)12(16)9-10/h8-9H,4-7,16H2,1-3H3. The van der Waals surface area contributed by atoms with Crippen molar-refractivity contribution in [2.45, 2.75) is 31.6 Å². The molecular formula is C14H21FN2O3S. The maximum atomic E-state index is 13.8. The molecule has 1 aromatic carbocycles. The van der Waals surface area contributed by atoms with E-state index in [9.17, 15) is 12.8 Å². The fourth-order valence-corrected chi connectivity index (χ4v) is 3.92. The average molecular weight is 316 g/mol. The van der Waals surface area contributed by atoms with E-state index < -0.39 is 15.8 Å². The molecule has 2 N–H and O–H groups in total. The van der Waals surface area contributed by atoms with Crippen molar-refractivity contribution in [3.63, 3.8) is 0 Å². The van der Waals surface area contributed by atoms with E-state index in [0.717, 1.165) is 18.9 Å². The van der Waals surface area contributed by atoms with Crippen LogP contribution >= 0.6 is 0 Å². The molecule has 1 aliphatic heterocycles. The summed E-state index contributed by atoms with van der Waals surface area (Å²) in [5, 5.41) is 0. The van der Waals surface area contributed by atoms with Crippen LogP contribution in [0.4, 0.5) is 10.1 Å². The van der Waals surface area contributed by atoms with Gasteiger partial charge in [-0.3, -0.25) is 0 Å². The molecule has 0 spiro atoms. The number of ether oxygens (including phenoxy) is 1. The number of nitrogens with zero attached hydrogens (tertiary/aromatic N) is 1. The topological polar surface area (TPSA) is 72.6 Å². The van der Waals surface area contributed by atoms with Crippen molar-refractivity contribution in [1.82, 2.24) is 4.31 Å². The third-order valence-corrected chi connectivity index (χ3v) is 5.84. The summed E-state index contributed by atoms with van der Waals surface area (Å²) in [6.07, 6.45) is 1.56. The number of nitrogen functional groups attached to an aromatic ring is 1. The first-order chi connectivity index (χ1) is 9.67. The first kappa shape index (κ1) is 16.0. The molecule has 0 radical (unpaired) electrons. The lowest BCUT2D eigenvalue weighted by molar-refractivity contribution is 0.196. The third kappa shape index (κ3) is 3.13. The second-order valence-electron chi connectivity index (χ2n) is 6.10. The van der Waals surface area contributed by atoms with E-state index in [0.29, 0.717) is 13.1 Å². The van der Waals surface area contributed by atoms with E-state index in [-0.39, 0.29) is 21.7 Å². The number of methoxy groups -OCH3 is 1. The number of hydrogen-bond donors (Lipinski definition) is 1. The Bertz CT molecular complexity index is 611. The van der Waals surface area contributed by atoms with Crippen LogP contribution in [0.1, 0.15) is 26.7 Å². The molecule has 1 aromatic rings. The second-order valence-corrected chi connectivity index (χ2v) is 8.03. The number of piperidine rings is 1. The molecule has 1 saturated heterocycles. The van der Waals surface area contributed by atoms with Gasteiger partial charge in [-0.25, -0.2) is 12.8 Å². The summed E-state index contributed by atoms with van der Waals surface area (Å²) in [6.45, 7) is 5.09. The Morgan fingerprint density at radius 2 is 1.86 bits per heavy atom. The van der Waals surface area contributed by atoms with Crippen molar-refractivity contribution >= 4 is 15.7 Å². The maximum absolute atomic E-state index is 13.8. The van der Waals surface area contributed by atoms with Crippen molar-refractivity contribution in [3.8, 4) is 5.75 Å². The van der Waals surface area contributed by atoms with Gasteiger partial charge in [0.05, 0.1) is 17.7 Å². The van der Waals surface area contributed by atoms with Gasteiger partial charge in [0.25, 0.3) is 0 Å². The predicted molar refractivity (Wildman–Crippen MR) is 79.1 cm³/mol.